The highest BCUT2D eigenvalue weighted by Crippen LogP contribution is 2.27. The summed E-state index contributed by atoms with van der Waals surface area (Å²) in [5.74, 6) is -1.82. The van der Waals surface area contributed by atoms with Gasteiger partial charge < -0.3 is 11.1 Å². The van der Waals surface area contributed by atoms with Crippen LogP contribution in [-0.2, 0) is 23.1 Å². The molecule has 1 unspecified atom stereocenters. The van der Waals surface area contributed by atoms with E-state index in [9.17, 15) is 18.4 Å². The molecule has 1 aromatic carbocycles. The number of thioether (sulfide) groups is 1. The van der Waals surface area contributed by atoms with Crippen molar-refractivity contribution in [2.45, 2.75) is 22.9 Å². The van der Waals surface area contributed by atoms with Crippen molar-refractivity contribution in [2.24, 2.45) is 12.8 Å². The van der Waals surface area contributed by atoms with E-state index in [2.05, 4.69) is 15.4 Å². The van der Waals surface area contributed by atoms with Crippen molar-refractivity contribution in [2.75, 3.05) is 5.32 Å². The van der Waals surface area contributed by atoms with Crippen LogP contribution in [0.1, 0.15) is 12.6 Å². The standard InChI is InChI=1S/C18H17F2N5O2S2/c1-9(17(21)27)29-18-22-11(8-28-18)6-16(26)23-15-7-14(24-25(15)2)12-4-3-10(19)5-13(12)20/h3-5,7-9H,6H2,1-2H3,(H2,21,27)(H,23,26). The highest BCUT2D eigenvalue weighted by atomic mass is 32.2. The van der Waals surface area contributed by atoms with E-state index in [4.69, 9.17) is 5.73 Å². The molecule has 3 rings (SSSR count). The minimum absolute atomic E-state index is 0.0213. The maximum atomic E-state index is 14.0. The molecular weight excluding hydrogens is 420 g/mol. The number of primary amides is 1. The number of carbonyl (C=O) groups is 2. The lowest BCUT2D eigenvalue weighted by Crippen LogP contribution is -2.22. The number of nitrogens with two attached hydrogens (primary N) is 1. The average molecular weight is 437 g/mol. The molecule has 29 heavy (non-hydrogen) atoms. The molecule has 3 N–H and O–H groups in total. The molecule has 0 saturated heterocycles. The zero-order chi connectivity index (χ0) is 21.1. The highest BCUT2D eigenvalue weighted by molar-refractivity contribution is 8.02. The normalized spacial score (nSPS) is 12.0. The largest absolute Gasteiger partial charge is 0.369 e. The lowest BCUT2D eigenvalue weighted by atomic mass is 10.1. The van der Waals surface area contributed by atoms with Crippen LogP contribution in [0.15, 0.2) is 34.0 Å². The summed E-state index contributed by atoms with van der Waals surface area (Å²) in [6, 6.07) is 4.71. The number of nitrogens with one attached hydrogen (secondary N) is 1. The fourth-order valence-electron chi connectivity index (χ4n) is 2.40. The predicted octanol–water partition coefficient (Wildman–Crippen LogP) is 2.97. The summed E-state index contributed by atoms with van der Waals surface area (Å²) in [5.41, 5.74) is 6.19. The second-order valence-electron chi connectivity index (χ2n) is 6.15. The van der Waals surface area contributed by atoms with Crippen LogP contribution in [0.5, 0.6) is 0 Å². The zero-order valence-electron chi connectivity index (χ0n) is 15.5. The van der Waals surface area contributed by atoms with E-state index in [-0.39, 0.29) is 23.6 Å². The third-order valence-electron chi connectivity index (χ3n) is 3.91. The monoisotopic (exact) mass is 437 g/mol. The molecule has 1 atom stereocenters. The molecule has 0 aliphatic heterocycles. The van der Waals surface area contributed by atoms with Crippen molar-refractivity contribution < 1.29 is 18.4 Å². The van der Waals surface area contributed by atoms with E-state index in [1.807, 2.05) is 0 Å². The molecule has 0 saturated carbocycles. The number of aryl methyl sites for hydroxylation is 1. The van der Waals surface area contributed by atoms with Crippen LogP contribution in [0.25, 0.3) is 11.3 Å². The van der Waals surface area contributed by atoms with Gasteiger partial charge in [0.2, 0.25) is 11.8 Å². The molecule has 2 heterocycles. The van der Waals surface area contributed by atoms with Crippen LogP contribution in [0.2, 0.25) is 0 Å². The number of hydrogen-bond acceptors (Lipinski definition) is 6. The molecule has 0 aliphatic carbocycles. The van der Waals surface area contributed by atoms with Gasteiger partial charge >= 0.3 is 0 Å². The summed E-state index contributed by atoms with van der Waals surface area (Å²) in [4.78, 5) is 27.8. The van der Waals surface area contributed by atoms with Gasteiger partial charge in [0.1, 0.15) is 17.5 Å². The molecule has 3 aromatic rings. The highest BCUT2D eigenvalue weighted by Gasteiger charge is 2.16. The summed E-state index contributed by atoms with van der Waals surface area (Å²) < 4.78 is 29.1. The average Bonchev–Trinajstić information content (AvgIpc) is 3.21. The van der Waals surface area contributed by atoms with Gasteiger partial charge in [-0.3, -0.25) is 14.3 Å². The molecule has 0 fully saturated rings. The van der Waals surface area contributed by atoms with Crippen molar-refractivity contribution in [1.29, 1.82) is 0 Å². The van der Waals surface area contributed by atoms with Gasteiger partial charge in [0.25, 0.3) is 0 Å². The molecule has 11 heteroatoms. The first-order chi connectivity index (χ1) is 13.7. The van der Waals surface area contributed by atoms with Gasteiger partial charge in [0, 0.05) is 30.1 Å². The summed E-state index contributed by atoms with van der Waals surface area (Å²) in [6.45, 7) is 1.69. The summed E-state index contributed by atoms with van der Waals surface area (Å²) in [6.07, 6.45) is 0.0213. The fraction of sp³-hybridized carbons (Fsp3) is 0.222. The number of aromatic nitrogens is 3. The van der Waals surface area contributed by atoms with Gasteiger partial charge in [-0.1, -0.05) is 11.8 Å². The SMILES string of the molecule is CC(Sc1nc(CC(=O)Nc2cc(-c3ccc(F)cc3F)nn2C)cs1)C(N)=O. The summed E-state index contributed by atoms with van der Waals surface area (Å²) in [7, 11) is 1.60. The van der Waals surface area contributed by atoms with Crippen LogP contribution in [0.4, 0.5) is 14.6 Å². The minimum atomic E-state index is -0.737. The van der Waals surface area contributed by atoms with Gasteiger partial charge in [0.05, 0.1) is 23.1 Å². The number of benzene rings is 1. The Morgan fingerprint density at radius 2 is 2.10 bits per heavy atom. The third kappa shape index (κ3) is 5.18. The number of rotatable bonds is 7. The second-order valence-corrected chi connectivity index (χ2v) is 8.60. The fourth-order valence-corrected chi connectivity index (χ4v) is 4.33. The second kappa shape index (κ2) is 8.70. The van der Waals surface area contributed by atoms with Crippen molar-refractivity contribution in [3.8, 4) is 11.3 Å². The van der Waals surface area contributed by atoms with Crippen molar-refractivity contribution in [3.63, 3.8) is 0 Å². The first-order valence-corrected chi connectivity index (χ1v) is 10.2. The summed E-state index contributed by atoms with van der Waals surface area (Å²) >= 11 is 2.56. The van der Waals surface area contributed by atoms with Gasteiger partial charge in [-0.15, -0.1) is 11.3 Å². The maximum absolute atomic E-state index is 14.0. The van der Waals surface area contributed by atoms with Gasteiger partial charge in [-0.05, 0) is 19.1 Å². The Labute approximate surface area is 173 Å². The number of anilines is 1. The first-order valence-electron chi connectivity index (χ1n) is 8.42. The van der Waals surface area contributed by atoms with Crippen molar-refractivity contribution in [3.05, 3.63) is 47.0 Å². The van der Waals surface area contributed by atoms with Crippen molar-refractivity contribution in [1.82, 2.24) is 14.8 Å². The number of hydrogen-bond donors (Lipinski definition) is 2. The van der Waals surface area contributed by atoms with E-state index in [1.54, 1.807) is 19.4 Å². The van der Waals surface area contributed by atoms with E-state index in [1.165, 1.54) is 39.9 Å². The minimum Gasteiger partial charge on any atom is -0.369 e. The zero-order valence-corrected chi connectivity index (χ0v) is 17.1. The molecule has 2 amide bonds. The van der Waals surface area contributed by atoms with Crippen LogP contribution >= 0.6 is 23.1 Å². The van der Waals surface area contributed by atoms with Crippen LogP contribution in [0.3, 0.4) is 0 Å². The quantitative estimate of drug-likeness (QED) is 0.553. The Kier molecular flexibility index (Phi) is 6.28. The topological polar surface area (TPSA) is 103 Å². The Bertz CT molecular complexity index is 1070. The predicted molar refractivity (Wildman–Crippen MR) is 108 cm³/mol. The van der Waals surface area contributed by atoms with E-state index in [0.717, 1.165) is 12.1 Å². The molecule has 0 radical (unpaired) electrons. The molecule has 2 aromatic heterocycles. The van der Waals surface area contributed by atoms with E-state index in [0.29, 0.717) is 15.9 Å². The lowest BCUT2D eigenvalue weighted by Gasteiger charge is -2.04. The van der Waals surface area contributed by atoms with Crippen LogP contribution in [-0.4, -0.2) is 31.8 Å². The Morgan fingerprint density at radius 3 is 2.79 bits per heavy atom. The molecule has 0 spiro atoms. The lowest BCUT2D eigenvalue weighted by molar-refractivity contribution is -0.117. The Morgan fingerprint density at radius 1 is 1.34 bits per heavy atom. The van der Waals surface area contributed by atoms with Crippen LogP contribution < -0.4 is 11.1 Å². The molecule has 0 aliphatic rings. The van der Waals surface area contributed by atoms with E-state index < -0.39 is 22.8 Å². The molecular formula is C18H17F2N5O2S2. The number of carbonyl (C=O) groups excluding carboxylic acids is 2. The number of amides is 2. The van der Waals surface area contributed by atoms with Gasteiger partial charge in [0.15, 0.2) is 4.34 Å². The van der Waals surface area contributed by atoms with Crippen molar-refractivity contribution >= 4 is 40.7 Å². The third-order valence-corrected chi connectivity index (χ3v) is 6.04. The number of nitrogens with zero attached hydrogens (tertiary/aromatic N) is 3. The number of thiazole rings is 1. The first kappa shape index (κ1) is 20.9. The molecule has 152 valence electrons. The Hall–Kier alpha value is -2.79. The smallest absolute Gasteiger partial charge is 0.231 e. The van der Waals surface area contributed by atoms with E-state index >= 15 is 0 Å². The maximum Gasteiger partial charge on any atom is 0.231 e. The molecule has 0 bridgehead atoms. The number of halogens is 2. The van der Waals surface area contributed by atoms with Crippen LogP contribution in [0, 0.1) is 11.6 Å². The molecule has 7 nitrogen and oxygen atoms in total. The van der Waals surface area contributed by atoms with Gasteiger partial charge in [-0.25, -0.2) is 13.8 Å². The summed E-state index contributed by atoms with van der Waals surface area (Å²) in [5, 5.41) is 8.18. The van der Waals surface area contributed by atoms with Gasteiger partial charge in [-0.2, -0.15) is 5.10 Å². The Balaban J connectivity index is 1.66.